The van der Waals surface area contributed by atoms with Crippen molar-refractivity contribution in [1.82, 2.24) is 16.0 Å². The fourth-order valence-electron chi connectivity index (χ4n) is 3.80. The van der Waals surface area contributed by atoms with Crippen LogP contribution >= 0.6 is 0 Å². The van der Waals surface area contributed by atoms with Gasteiger partial charge in [-0.3, -0.25) is 19.2 Å². The van der Waals surface area contributed by atoms with Crippen LogP contribution in [0.4, 0.5) is 0 Å². The number of carboxylic acids is 2. The highest BCUT2D eigenvalue weighted by Gasteiger charge is 2.30. The van der Waals surface area contributed by atoms with Crippen LogP contribution in [0.2, 0.25) is 0 Å². The summed E-state index contributed by atoms with van der Waals surface area (Å²) in [5, 5.41) is 26.1. The van der Waals surface area contributed by atoms with Crippen molar-refractivity contribution in [3.8, 4) is 0 Å². The van der Waals surface area contributed by atoms with E-state index in [4.69, 9.17) is 22.3 Å². The number of nitrogens with two attached hydrogens (primary N) is 3. The van der Waals surface area contributed by atoms with Crippen LogP contribution in [-0.2, 0) is 30.4 Å². The Morgan fingerprint density at radius 3 is 1.74 bits per heavy atom. The molecular formula is C26H42N6O7. The maximum atomic E-state index is 13.3. The quantitative estimate of drug-likeness (QED) is 0.0941. The number of nitrogens with one attached hydrogen (secondary N) is 3. The van der Waals surface area contributed by atoms with Gasteiger partial charge in [0.2, 0.25) is 17.7 Å². The molecule has 218 valence electrons. The van der Waals surface area contributed by atoms with Gasteiger partial charge in [-0.2, -0.15) is 0 Å². The Morgan fingerprint density at radius 1 is 0.692 bits per heavy atom. The Labute approximate surface area is 228 Å². The van der Waals surface area contributed by atoms with E-state index in [9.17, 15) is 29.1 Å². The van der Waals surface area contributed by atoms with Gasteiger partial charge in [-0.05, 0) is 63.6 Å². The first-order valence-electron chi connectivity index (χ1n) is 13.1. The van der Waals surface area contributed by atoms with Crippen LogP contribution < -0.4 is 33.2 Å². The second-order valence-corrected chi connectivity index (χ2v) is 9.32. The Hall–Kier alpha value is -3.55. The molecule has 3 amide bonds. The second kappa shape index (κ2) is 18.7. The number of hydrogen-bond acceptors (Lipinski definition) is 8. The topological polar surface area (TPSA) is 240 Å². The van der Waals surface area contributed by atoms with Gasteiger partial charge in [0.1, 0.15) is 18.1 Å². The second-order valence-electron chi connectivity index (χ2n) is 9.32. The highest BCUT2D eigenvalue weighted by Crippen LogP contribution is 2.09. The van der Waals surface area contributed by atoms with Gasteiger partial charge >= 0.3 is 11.9 Å². The molecule has 0 aliphatic carbocycles. The van der Waals surface area contributed by atoms with E-state index in [1.165, 1.54) is 0 Å². The lowest BCUT2D eigenvalue weighted by molar-refractivity contribution is -0.142. The van der Waals surface area contributed by atoms with Gasteiger partial charge in [0, 0.05) is 12.8 Å². The van der Waals surface area contributed by atoms with Gasteiger partial charge in [0.15, 0.2) is 0 Å². The van der Waals surface area contributed by atoms with Crippen LogP contribution in [-0.4, -0.2) is 77.1 Å². The SMILES string of the molecule is NCCCC[C@H](NC(=O)[C@H](Cc1ccccc1)NC(=O)[C@H](CCCCN)NC(=O)[C@@H](N)CCC(=O)O)C(=O)O. The molecule has 0 heterocycles. The summed E-state index contributed by atoms with van der Waals surface area (Å²) in [7, 11) is 0. The Kier molecular flexibility index (Phi) is 16.0. The van der Waals surface area contributed by atoms with Crippen molar-refractivity contribution in [1.29, 1.82) is 0 Å². The molecule has 0 fully saturated rings. The van der Waals surface area contributed by atoms with E-state index in [2.05, 4.69) is 16.0 Å². The summed E-state index contributed by atoms with van der Waals surface area (Å²) in [5.74, 6) is -4.34. The minimum Gasteiger partial charge on any atom is -0.481 e. The van der Waals surface area contributed by atoms with Gasteiger partial charge in [-0.1, -0.05) is 30.3 Å². The molecule has 0 saturated heterocycles. The first-order chi connectivity index (χ1) is 18.6. The smallest absolute Gasteiger partial charge is 0.326 e. The number of amides is 3. The monoisotopic (exact) mass is 550 g/mol. The molecule has 0 saturated carbocycles. The van der Waals surface area contributed by atoms with E-state index in [-0.39, 0.29) is 32.1 Å². The van der Waals surface area contributed by atoms with E-state index in [0.717, 1.165) is 5.56 Å². The number of unbranched alkanes of at least 4 members (excludes halogenated alkanes) is 2. The number of hydrogen-bond donors (Lipinski definition) is 8. The highest BCUT2D eigenvalue weighted by atomic mass is 16.4. The number of carbonyl (C=O) groups excluding carboxylic acids is 3. The molecule has 0 aliphatic heterocycles. The summed E-state index contributed by atoms with van der Waals surface area (Å²) < 4.78 is 0. The standard InChI is InChI=1S/C26H42N6O7/c27-14-6-4-10-19(30-23(35)18(29)12-13-22(33)34)24(36)32-21(16-17-8-2-1-3-9-17)25(37)31-20(26(38)39)11-5-7-15-28/h1-3,8-9,18-21H,4-7,10-16,27-29H2,(H,30,35)(H,31,37)(H,32,36)(H,33,34)(H,38,39)/t18-,19-,20-,21-/m0/s1. The van der Waals surface area contributed by atoms with Crippen molar-refractivity contribution >= 4 is 29.7 Å². The van der Waals surface area contributed by atoms with Crippen molar-refractivity contribution < 1.29 is 34.2 Å². The van der Waals surface area contributed by atoms with Gasteiger partial charge in [-0.15, -0.1) is 0 Å². The molecule has 1 aromatic rings. The van der Waals surface area contributed by atoms with Crippen LogP contribution in [0.3, 0.4) is 0 Å². The maximum absolute atomic E-state index is 13.3. The molecule has 0 aromatic heterocycles. The molecule has 0 radical (unpaired) electrons. The summed E-state index contributed by atoms with van der Waals surface area (Å²) in [4.78, 5) is 61.6. The first kappa shape index (κ1) is 33.5. The maximum Gasteiger partial charge on any atom is 0.326 e. The zero-order valence-corrected chi connectivity index (χ0v) is 22.1. The normalized spacial score (nSPS) is 13.9. The van der Waals surface area contributed by atoms with Gasteiger partial charge in [0.05, 0.1) is 6.04 Å². The molecule has 1 aromatic carbocycles. The molecule has 4 atom stereocenters. The van der Waals surface area contributed by atoms with E-state index in [1.807, 2.05) is 0 Å². The lowest BCUT2D eigenvalue weighted by atomic mass is 10.0. The third-order valence-electron chi connectivity index (χ3n) is 6.06. The minimum atomic E-state index is -1.20. The van der Waals surface area contributed by atoms with Crippen molar-refractivity contribution in [3.05, 3.63) is 35.9 Å². The van der Waals surface area contributed by atoms with Gasteiger partial charge in [0.25, 0.3) is 0 Å². The van der Waals surface area contributed by atoms with Gasteiger partial charge in [-0.25, -0.2) is 4.79 Å². The van der Waals surface area contributed by atoms with Crippen LogP contribution in [0, 0.1) is 0 Å². The van der Waals surface area contributed by atoms with E-state index < -0.39 is 53.8 Å². The summed E-state index contributed by atoms with van der Waals surface area (Å²) in [5.41, 5.74) is 17.6. The zero-order valence-electron chi connectivity index (χ0n) is 22.1. The third-order valence-corrected chi connectivity index (χ3v) is 6.06. The lowest BCUT2D eigenvalue weighted by Crippen LogP contribution is -2.57. The van der Waals surface area contributed by atoms with E-state index in [0.29, 0.717) is 38.8 Å². The molecular weight excluding hydrogens is 508 g/mol. The average Bonchev–Trinajstić information content (AvgIpc) is 2.90. The summed E-state index contributed by atoms with van der Waals surface area (Å²) in [6.07, 6.45) is 2.22. The predicted molar refractivity (Wildman–Crippen MR) is 144 cm³/mol. The van der Waals surface area contributed by atoms with Crippen LogP contribution in [0.5, 0.6) is 0 Å². The van der Waals surface area contributed by atoms with Crippen LogP contribution in [0.15, 0.2) is 30.3 Å². The summed E-state index contributed by atoms with van der Waals surface area (Å²) in [6, 6.07) is 4.38. The van der Waals surface area contributed by atoms with Crippen molar-refractivity contribution in [2.75, 3.05) is 13.1 Å². The third kappa shape index (κ3) is 13.7. The first-order valence-corrected chi connectivity index (χ1v) is 13.1. The Morgan fingerprint density at radius 2 is 1.21 bits per heavy atom. The number of carboxylic acid groups (broad SMARTS) is 2. The number of benzene rings is 1. The number of aliphatic carboxylic acids is 2. The fraction of sp³-hybridized carbons (Fsp3) is 0.577. The van der Waals surface area contributed by atoms with Gasteiger partial charge < -0.3 is 43.4 Å². The fourth-order valence-corrected chi connectivity index (χ4v) is 3.80. The Bertz CT molecular complexity index is 931. The minimum absolute atomic E-state index is 0.0785. The molecule has 0 bridgehead atoms. The lowest BCUT2D eigenvalue weighted by Gasteiger charge is -2.25. The highest BCUT2D eigenvalue weighted by molar-refractivity contribution is 5.94. The molecule has 0 unspecified atom stereocenters. The molecule has 11 N–H and O–H groups in total. The van der Waals surface area contributed by atoms with Crippen molar-refractivity contribution in [2.45, 2.75) is 82.0 Å². The molecule has 1 rings (SSSR count). The number of carbonyl (C=O) groups is 5. The van der Waals surface area contributed by atoms with Crippen molar-refractivity contribution in [3.63, 3.8) is 0 Å². The summed E-state index contributed by atoms with van der Waals surface area (Å²) >= 11 is 0. The summed E-state index contributed by atoms with van der Waals surface area (Å²) in [6.45, 7) is 0.768. The van der Waals surface area contributed by atoms with Crippen LogP contribution in [0.1, 0.15) is 56.9 Å². The molecule has 39 heavy (non-hydrogen) atoms. The Balaban J connectivity index is 3.07. The van der Waals surface area contributed by atoms with E-state index >= 15 is 0 Å². The molecule has 0 spiro atoms. The van der Waals surface area contributed by atoms with Crippen molar-refractivity contribution in [2.24, 2.45) is 17.2 Å². The van der Waals surface area contributed by atoms with E-state index in [1.54, 1.807) is 30.3 Å². The average molecular weight is 551 g/mol. The predicted octanol–water partition coefficient (Wildman–Crippen LogP) is -0.782. The molecule has 0 aliphatic rings. The number of rotatable bonds is 20. The molecule has 13 nitrogen and oxygen atoms in total. The zero-order chi connectivity index (χ0) is 29.2. The molecule has 13 heteroatoms. The van der Waals surface area contributed by atoms with Crippen LogP contribution in [0.25, 0.3) is 0 Å². The largest absolute Gasteiger partial charge is 0.481 e.